The van der Waals surface area contributed by atoms with Crippen molar-refractivity contribution in [1.29, 1.82) is 0 Å². The van der Waals surface area contributed by atoms with Gasteiger partial charge in [-0.3, -0.25) is 0 Å². The molecule has 1 unspecified atom stereocenters. The number of halogens is 1. The Hall–Kier alpha value is -0.340. The lowest BCUT2D eigenvalue weighted by Crippen LogP contribution is -3.00. The smallest absolute Gasteiger partial charge is 0.121 e. The molecule has 0 aliphatic carbocycles. The molecule has 0 aromatic rings. The maximum atomic E-state index is 9.85. The molecule has 0 aliphatic rings. The predicted octanol–water partition coefficient (Wildman–Crippen LogP) is -2.94. The normalized spacial score (nSPS) is 12.6. The average molecular weight is 207 g/mol. The molecule has 0 aromatic carbocycles. The van der Waals surface area contributed by atoms with E-state index in [2.05, 4.69) is 33.4 Å². The summed E-state index contributed by atoms with van der Waals surface area (Å²) in [5, 5.41) is 3.21. The molecule has 1 N–H and O–H groups in total. The Bertz CT molecular complexity index is 171. The zero-order valence-corrected chi connectivity index (χ0v) is 9.56. The zero-order chi connectivity index (χ0) is 9.61. The van der Waals surface area contributed by atoms with Gasteiger partial charge >= 0.3 is 0 Å². The quantitative estimate of drug-likeness (QED) is 0.386. The number of carbonyl (C=O) groups excluding carboxylic acids is 1. The summed E-state index contributed by atoms with van der Waals surface area (Å²) in [5.74, 6) is 1.74. The Kier molecular flexibility index (Phi) is 8.27. The van der Waals surface area contributed by atoms with Crippen LogP contribution in [0.5, 0.6) is 0 Å². The van der Waals surface area contributed by atoms with Crippen LogP contribution in [0.4, 0.5) is 0 Å². The lowest BCUT2D eigenvalue weighted by molar-refractivity contribution is -0.871. The Balaban J connectivity index is 0. The van der Waals surface area contributed by atoms with Crippen molar-refractivity contribution in [2.45, 2.75) is 13.0 Å². The number of hydrogen-bond donors (Lipinski definition) is 1. The fourth-order valence-electron chi connectivity index (χ4n) is 1.19. The van der Waals surface area contributed by atoms with Gasteiger partial charge in [-0.25, -0.2) is 4.79 Å². The summed E-state index contributed by atoms with van der Waals surface area (Å²) in [6, 6.07) is 0.426. The topological polar surface area (TPSA) is 29.1 Å². The molecule has 0 saturated heterocycles. The van der Waals surface area contributed by atoms with Gasteiger partial charge in [-0.2, -0.15) is 0 Å². The summed E-state index contributed by atoms with van der Waals surface area (Å²) in [4.78, 5) is 9.85. The molecule has 0 saturated carbocycles. The number of quaternary nitrogens is 1. The molecule has 0 bridgehead atoms. The molecular formula is C9H19ClN2O. The van der Waals surface area contributed by atoms with E-state index in [1.54, 1.807) is 5.94 Å². The molecule has 1 atom stereocenters. The third-order valence-corrected chi connectivity index (χ3v) is 1.47. The minimum atomic E-state index is 0. The van der Waals surface area contributed by atoms with E-state index in [0.717, 1.165) is 11.0 Å². The molecule has 0 fully saturated rings. The number of likely N-dealkylation sites (N-methyl/N-ethyl adjacent to an activating group) is 1. The second-order valence-electron chi connectivity index (χ2n) is 4.10. The summed E-state index contributed by atoms with van der Waals surface area (Å²) < 4.78 is 0.930. The van der Waals surface area contributed by atoms with Crippen LogP contribution in [0.2, 0.25) is 0 Å². The summed E-state index contributed by atoms with van der Waals surface area (Å²) in [6.07, 6.45) is 1.46. The van der Waals surface area contributed by atoms with Gasteiger partial charge < -0.3 is 22.2 Å². The monoisotopic (exact) mass is 206 g/mol. The lowest BCUT2D eigenvalue weighted by atomic mass is 10.3. The fraction of sp³-hybridized carbons (Fsp3) is 0.778. The van der Waals surface area contributed by atoms with Crippen LogP contribution < -0.4 is 17.7 Å². The summed E-state index contributed by atoms with van der Waals surface area (Å²) in [5.41, 5.74) is 0. The van der Waals surface area contributed by atoms with Crippen LogP contribution in [-0.2, 0) is 4.79 Å². The number of nitrogens with zero attached hydrogens (tertiary/aromatic N) is 1. The molecule has 0 aliphatic heterocycles. The van der Waals surface area contributed by atoms with Gasteiger partial charge in [0.1, 0.15) is 5.94 Å². The summed E-state index contributed by atoms with van der Waals surface area (Å²) >= 11 is 0. The summed E-state index contributed by atoms with van der Waals surface area (Å²) in [6.45, 7) is 3.78. The third-order valence-electron chi connectivity index (χ3n) is 1.47. The summed E-state index contributed by atoms with van der Waals surface area (Å²) in [7, 11) is 6.44. The van der Waals surface area contributed by atoms with Crippen LogP contribution in [0.1, 0.15) is 6.92 Å². The van der Waals surface area contributed by atoms with Crippen LogP contribution in [0.15, 0.2) is 6.08 Å². The van der Waals surface area contributed by atoms with Crippen LogP contribution >= 0.6 is 0 Å². The van der Waals surface area contributed by atoms with Crippen molar-refractivity contribution in [3.05, 3.63) is 6.08 Å². The predicted molar refractivity (Wildman–Crippen MR) is 50.6 cm³/mol. The van der Waals surface area contributed by atoms with E-state index in [0.29, 0.717) is 12.6 Å². The molecular weight excluding hydrogens is 188 g/mol. The van der Waals surface area contributed by atoms with Crippen molar-refractivity contribution in [1.82, 2.24) is 5.32 Å². The maximum Gasteiger partial charge on any atom is 0.121 e. The van der Waals surface area contributed by atoms with Crippen LogP contribution in [0, 0.1) is 0 Å². The molecule has 13 heavy (non-hydrogen) atoms. The van der Waals surface area contributed by atoms with Crippen molar-refractivity contribution in [2.75, 3.05) is 34.2 Å². The highest BCUT2D eigenvalue weighted by Crippen LogP contribution is 1.93. The van der Waals surface area contributed by atoms with Gasteiger partial charge in [-0.15, -0.1) is 0 Å². The molecule has 0 amide bonds. The fourth-order valence-corrected chi connectivity index (χ4v) is 1.19. The number of hydrogen-bond acceptors (Lipinski definition) is 2. The first-order valence-electron chi connectivity index (χ1n) is 4.19. The van der Waals surface area contributed by atoms with Crippen molar-refractivity contribution in [2.24, 2.45) is 0 Å². The standard InChI is InChI=1S/C9H19N2O.ClH/c1-9(8-11(2,3)4)10-6-5-7-12;/h5,9-10H,6,8H2,1-4H3;1H/q+1;/p-1. The van der Waals surface area contributed by atoms with Gasteiger partial charge in [0.15, 0.2) is 0 Å². The van der Waals surface area contributed by atoms with Crippen LogP contribution in [-0.4, -0.2) is 50.7 Å². The molecule has 3 nitrogen and oxygen atoms in total. The molecule has 0 rings (SSSR count). The Morgan fingerprint density at radius 1 is 1.46 bits per heavy atom. The average Bonchev–Trinajstić information content (AvgIpc) is 1.84. The van der Waals surface area contributed by atoms with Crippen molar-refractivity contribution in [3.63, 3.8) is 0 Å². The van der Waals surface area contributed by atoms with E-state index in [4.69, 9.17) is 0 Å². The Morgan fingerprint density at radius 3 is 2.38 bits per heavy atom. The van der Waals surface area contributed by atoms with Gasteiger partial charge in [0.05, 0.1) is 33.7 Å². The van der Waals surface area contributed by atoms with Gasteiger partial charge in [0.2, 0.25) is 0 Å². The lowest BCUT2D eigenvalue weighted by Gasteiger charge is -2.27. The first-order valence-corrected chi connectivity index (χ1v) is 4.19. The Morgan fingerprint density at radius 2 is 2.00 bits per heavy atom. The molecule has 0 aromatic heterocycles. The van der Waals surface area contributed by atoms with E-state index >= 15 is 0 Å². The highest BCUT2D eigenvalue weighted by atomic mass is 35.5. The van der Waals surface area contributed by atoms with Crippen molar-refractivity contribution >= 4 is 5.94 Å². The van der Waals surface area contributed by atoms with E-state index in [-0.39, 0.29) is 12.4 Å². The SMILES string of the molecule is CC(C[N+](C)(C)C)NCC=C=O.[Cl-]. The molecule has 0 radical (unpaired) electrons. The first-order chi connectivity index (χ1) is 5.45. The zero-order valence-electron chi connectivity index (χ0n) is 8.80. The van der Waals surface area contributed by atoms with Gasteiger partial charge in [-0.1, -0.05) is 0 Å². The number of nitrogens with one attached hydrogen (secondary N) is 1. The molecule has 0 spiro atoms. The van der Waals surface area contributed by atoms with E-state index in [9.17, 15) is 4.79 Å². The highest BCUT2D eigenvalue weighted by molar-refractivity contribution is 5.45. The van der Waals surface area contributed by atoms with E-state index < -0.39 is 0 Å². The van der Waals surface area contributed by atoms with E-state index in [1.165, 1.54) is 6.08 Å². The molecule has 4 heteroatoms. The largest absolute Gasteiger partial charge is 1.00 e. The van der Waals surface area contributed by atoms with Crippen molar-refractivity contribution < 1.29 is 21.7 Å². The van der Waals surface area contributed by atoms with Gasteiger partial charge in [0, 0.05) is 12.6 Å². The van der Waals surface area contributed by atoms with Crippen molar-refractivity contribution in [3.8, 4) is 0 Å². The molecule has 78 valence electrons. The van der Waals surface area contributed by atoms with Crippen LogP contribution in [0.3, 0.4) is 0 Å². The maximum absolute atomic E-state index is 9.85. The second-order valence-corrected chi connectivity index (χ2v) is 4.10. The molecule has 0 heterocycles. The highest BCUT2D eigenvalue weighted by Gasteiger charge is 2.11. The number of rotatable bonds is 5. The van der Waals surface area contributed by atoms with Gasteiger partial charge in [-0.05, 0) is 6.92 Å². The minimum Gasteiger partial charge on any atom is -1.00 e. The third kappa shape index (κ3) is 11.7. The second kappa shape index (κ2) is 7.10. The van der Waals surface area contributed by atoms with Gasteiger partial charge in [0.25, 0.3) is 0 Å². The minimum absolute atomic E-state index is 0. The van der Waals surface area contributed by atoms with E-state index in [1.807, 2.05) is 0 Å². The van der Waals surface area contributed by atoms with Crippen LogP contribution in [0.25, 0.3) is 0 Å². The Labute approximate surface area is 86.8 Å². The first kappa shape index (κ1) is 15.1.